The highest BCUT2D eigenvalue weighted by atomic mass is 32.2. The highest BCUT2D eigenvalue weighted by Gasteiger charge is 2.10. The Kier molecular flexibility index (Phi) is 2.81. The number of hydrogen-bond acceptors (Lipinski definition) is 4. The van der Waals surface area contributed by atoms with Crippen LogP contribution in [0.1, 0.15) is 5.69 Å². The van der Waals surface area contributed by atoms with Gasteiger partial charge in [-0.05, 0) is 6.92 Å². The van der Waals surface area contributed by atoms with E-state index in [4.69, 9.17) is 0 Å². The third kappa shape index (κ3) is 2.07. The second-order valence-electron chi connectivity index (χ2n) is 3.37. The van der Waals surface area contributed by atoms with Crippen LogP contribution in [0, 0.1) is 6.92 Å². The highest BCUT2D eigenvalue weighted by molar-refractivity contribution is 8.14. The van der Waals surface area contributed by atoms with Crippen LogP contribution < -0.4 is 5.43 Å². The van der Waals surface area contributed by atoms with Crippen LogP contribution in [0.3, 0.4) is 0 Å². The largest absolute Gasteiger partial charge is 0.503 e. The minimum Gasteiger partial charge on any atom is -0.503 e. The molecular weight excluding hydrogens is 212 g/mol. The molecule has 80 valence electrons. The molecule has 0 aromatic carbocycles. The van der Waals surface area contributed by atoms with E-state index in [1.54, 1.807) is 24.9 Å². The number of aromatic nitrogens is 1. The molecule has 0 fully saturated rings. The van der Waals surface area contributed by atoms with E-state index < -0.39 is 0 Å². The standard InChI is InChI=1S/C10H12N2O2S/c1-7-10(14)8(13)2-4-12(7)6-9-11-3-5-15-9/h2,4,14H,3,5-6H2,1H3. The van der Waals surface area contributed by atoms with Crippen molar-refractivity contribution in [1.82, 2.24) is 4.57 Å². The summed E-state index contributed by atoms with van der Waals surface area (Å²) in [5, 5.41) is 10.5. The van der Waals surface area contributed by atoms with Crippen molar-refractivity contribution in [3.8, 4) is 5.75 Å². The molecule has 2 rings (SSSR count). The predicted molar refractivity (Wildman–Crippen MR) is 61.9 cm³/mol. The Morgan fingerprint density at radius 3 is 3.13 bits per heavy atom. The maximum absolute atomic E-state index is 11.1. The lowest BCUT2D eigenvalue weighted by molar-refractivity contribution is 0.456. The zero-order chi connectivity index (χ0) is 10.8. The first-order valence-electron chi connectivity index (χ1n) is 4.73. The molecule has 0 spiro atoms. The van der Waals surface area contributed by atoms with Gasteiger partial charge in [0.05, 0.1) is 17.3 Å². The Labute approximate surface area is 91.7 Å². The molecule has 2 heterocycles. The monoisotopic (exact) mass is 224 g/mol. The van der Waals surface area contributed by atoms with Crippen molar-refractivity contribution >= 4 is 16.8 Å². The van der Waals surface area contributed by atoms with Crippen LogP contribution in [0.4, 0.5) is 0 Å². The molecular formula is C10H12N2O2S. The van der Waals surface area contributed by atoms with Crippen LogP contribution in [0.15, 0.2) is 22.1 Å². The van der Waals surface area contributed by atoms with Crippen LogP contribution in [-0.4, -0.2) is 27.0 Å². The fourth-order valence-electron chi connectivity index (χ4n) is 1.45. The summed E-state index contributed by atoms with van der Waals surface area (Å²) in [6.45, 7) is 3.24. The van der Waals surface area contributed by atoms with Gasteiger partial charge in [-0.3, -0.25) is 9.79 Å². The van der Waals surface area contributed by atoms with Crippen molar-refractivity contribution < 1.29 is 5.11 Å². The minimum atomic E-state index is -0.329. The molecule has 0 saturated heterocycles. The molecule has 1 N–H and O–H groups in total. The molecule has 0 radical (unpaired) electrons. The number of hydrogen-bond donors (Lipinski definition) is 1. The number of pyridine rings is 1. The Bertz CT molecular complexity index is 465. The molecule has 1 aliphatic heterocycles. The summed E-state index contributed by atoms with van der Waals surface area (Å²) in [5.74, 6) is 0.863. The predicted octanol–water partition coefficient (Wildman–Crippen LogP) is 1.01. The maximum Gasteiger partial charge on any atom is 0.223 e. The molecule has 0 saturated carbocycles. The van der Waals surface area contributed by atoms with Crippen molar-refractivity contribution in [3.63, 3.8) is 0 Å². The Hall–Kier alpha value is -1.23. The molecule has 15 heavy (non-hydrogen) atoms. The SMILES string of the molecule is Cc1c(O)c(=O)ccn1CC1=NCCS1. The zero-order valence-electron chi connectivity index (χ0n) is 8.43. The Balaban J connectivity index is 2.29. The Morgan fingerprint density at radius 1 is 1.67 bits per heavy atom. The van der Waals surface area contributed by atoms with E-state index >= 15 is 0 Å². The van der Waals surface area contributed by atoms with Crippen molar-refractivity contribution in [1.29, 1.82) is 0 Å². The third-order valence-corrected chi connectivity index (χ3v) is 3.34. The number of rotatable bonds is 2. The molecule has 1 aliphatic rings. The van der Waals surface area contributed by atoms with E-state index in [1.165, 1.54) is 6.07 Å². The fraction of sp³-hybridized carbons (Fsp3) is 0.400. The highest BCUT2D eigenvalue weighted by Crippen LogP contribution is 2.16. The summed E-state index contributed by atoms with van der Waals surface area (Å²) in [7, 11) is 0. The summed E-state index contributed by atoms with van der Waals surface area (Å²) >= 11 is 1.73. The smallest absolute Gasteiger partial charge is 0.223 e. The lowest BCUT2D eigenvalue weighted by Crippen LogP contribution is -2.13. The fourth-order valence-corrected chi connectivity index (χ4v) is 2.29. The maximum atomic E-state index is 11.1. The van der Waals surface area contributed by atoms with Gasteiger partial charge in [0.2, 0.25) is 5.43 Å². The summed E-state index contributed by atoms with van der Waals surface area (Å²) in [6.07, 6.45) is 1.69. The summed E-state index contributed by atoms with van der Waals surface area (Å²) < 4.78 is 1.84. The lowest BCUT2D eigenvalue weighted by atomic mass is 10.3. The topological polar surface area (TPSA) is 54.6 Å². The van der Waals surface area contributed by atoms with Crippen molar-refractivity contribution in [3.05, 3.63) is 28.2 Å². The average molecular weight is 224 g/mol. The van der Waals surface area contributed by atoms with Gasteiger partial charge in [0.15, 0.2) is 5.75 Å². The molecule has 0 aliphatic carbocycles. The number of aliphatic imine (C=N–C) groups is 1. The first-order valence-corrected chi connectivity index (χ1v) is 5.72. The van der Waals surface area contributed by atoms with Gasteiger partial charge in [0.1, 0.15) is 0 Å². The quantitative estimate of drug-likeness (QED) is 0.815. The van der Waals surface area contributed by atoms with Gasteiger partial charge in [-0.15, -0.1) is 11.8 Å². The molecule has 0 unspecified atom stereocenters. The summed E-state index contributed by atoms with van der Waals surface area (Å²) in [4.78, 5) is 15.5. The van der Waals surface area contributed by atoms with E-state index in [-0.39, 0.29) is 11.2 Å². The molecule has 5 heteroatoms. The van der Waals surface area contributed by atoms with E-state index in [1.807, 2.05) is 4.57 Å². The third-order valence-electron chi connectivity index (χ3n) is 2.37. The van der Waals surface area contributed by atoms with Gasteiger partial charge in [0.25, 0.3) is 0 Å². The van der Waals surface area contributed by atoms with Crippen LogP contribution >= 0.6 is 11.8 Å². The molecule has 0 bridgehead atoms. The van der Waals surface area contributed by atoms with Gasteiger partial charge < -0.3 is 9.67 Å². The van der Waals surface area contributed by atoms with Crippen molar-refractivity contribution in [2.75, 3.05) is 12.3 Å². The van der Waals surface area contributed by atoms with Gasteiger partial charge in [-0.1, -0.05) is 0 Å². The van der Waals surface area contributed by atoms with E-state index in [0.717, 1.165) is 17.3 Å². The van der Waals surface area contributed by atoms with E-state index in [2.05, 4.69) is 4.99 Å². The first-order chi connectivity index (χ1) is 7.18. The van der Waals surface area contributed by atoms with E-state index in [9.17, 15) is 9.90 Å². The number of aromatic hydroxyl groups is 1. The van der Waals surface area contributed by atoms with Gasteiger partial charge in [-0.25, -0.2) is 0 Å². The first kappa shape index (κ1) is 10.3. The molecule has 1 aromatic heterocycles. The van der Waals surface area contributed by atoms with Crippen LogP contribution in [0.5, 0.6) is 5.75 Å². The Morgan fingerprint density at radius 2 is 2.47 bits per heavy atom. The second-order valence-corrected chi connectivity index (χ2v) is 4.53. The van der Waals surface area contributed by atoms with Crippen LogP contribution in [-0.2, 0) is 6.54 Å². The van der Waals surface area contributed by atoms with Crippen molar-refractivity contribution in [2.45, 2.75) is 13.5 Å². The molecule has 0 amide bonds. The van der Waals surface area contributed by atoms with Crippen LogP contribution in [0.2, 0.25) is 0 Å². The number of thioether (sulfide) groups is 1. The second kappa shape index (κ2) is 4.10. The molecule has 1 aromatic rings. The van der Waals surface area contributed by atoms with Gasteiger partial charge >= 0.3 is 0 Å². The average Bonchev–Trinajstić information content (AvgIpc) is 2.72. The molecule has 0 atom stereocenters. The lowest BCUT2D eigenvalue weighted by Gasteiger charge is -2.10. The van der Waals surface area contributed by atoms with Gasteiger partial charge in [0, 0.05) is 24.6 Å². The zero-order valence-corrected chi connectivity index (χ0v) is 9.25. The van der Waals surface area contributed by atoms with E-state index in [0.29, 0.717) is 12.2 Å². The summed E-state index contributed by atoms with van der Waals surface area (Å²) in [6, 6.07) is 1.38. The number of nitrogens with zero attached hydrogens (tertiary/aromatic N) is 2. The van der Waals surface area contributed by atoms with Crippen LogP contribution in [0.25, 0.3) is 0 Å². The van der Waals surface area contributed by atoms with Crippen molar-refractivity contribution in [2.24, 2.45) is 4.99 Å². The van der Waals surface area contributed by atoms with Gasteiger partial charge in [-0.2, -0.15) is 0 Å². The summed E-state index contributed by atoms with van der Waals surface area (Å²) in [5.41, 5.74) is 0.266. The molecule has 4 nitrogen and oxygen atoms in total. The normalized spacial score (nSPS) is 15.4. The minimum absolute atomic E-state index is 0.166.